The molecule has 86 valence electrons. The molecule has 2 unspecified atom stereocenters. The summed E-state index contributed by atoms with van der Waals surface area (Å²) in [4.78, 5) is 4.29. The van der Waals surface area contributed by atoms with Gasteiger partial charge in [-0.1, -0.05) is 12.1 Å². The molecule has 0 aromatic carbocycles. The molecule has 5 heteroatoms. The van der Waals surface area contributed by atoms with E-state index in [1.165, 1.54) is 0 Å². The molecule has 15 heavy (non-hydrogen) atoms. The van der Waals surface area contributed by atoms with Gasteiger partial charge in [-0.2, -0.15) is 4.98 Å². The zero-order valence-electron chi connectivity index (χ0n) is 9.56. The normalized spacial score (nSPS) is 15.2. The second-order valence-corrected chi connectivity index (χ2v) is 3.70. The average molecular weight is 213 g/mol. The predicted octanol–water partition coefficient (Wildman–Crippen LogP) is 1.62. The third-order valence-corrected chi connectivity index (χ3v) is 2.44. The Hall–Kier alpha value is -0.940. The standard InChI is InChI=1S/C10H19N3O2/c1-7(5-4-6-11)10-12-9(13-15-10)8(2)14-3/h7-8H,4-6,11H2,1-3H3. The molecule has 0 saturated heterocycles. The van der Waals surface area contributed by atoms with Crippen molar-refractivity contribution in [1.29, 1.82) is 0 Å². The molecule has 0 saturated carbocycles. The van der Waals surface area contributed by atoms with Crippen LogP contribution in [0.3, 0.4) is 0 Å². The molecule has 0 amide bonds. The summed E-state index contributed by atoms with van der Waals surface area (Å²) in [7, 11) is 1.62. The number of aromatic nitrogens is 2. The molecule has 1 aromatic rings. The van der Waals surface area contributed by atoms with Gasteiger partial charge in [-0.25, -0.2) is 0 Å². The van der Waals surface area contributed by atoms with Crippen molar-refractivity contribution >= 4 is 0 Å². The van der Waals surface area contributed by atoms with Crippen LogP contribution in [0.25, 0.3) is 0 Å². The zero-order chi connectivity index (χ0) is 11.3. The Morgan fingerprint density at radius 2 is 2.20 bits per heavy atom. The number of hydrogen-bond acceptors (Lipinski definition) is 5. The highest BCUT2D eigenvalue weighted by Crippen LogP contribution is 2.20. The fraction of sp³-hybridized carbons (Fsp3) is 0.800. The molecule has 2 N–H and O–H groups in total. The van der Waals surface area contributed by atoms with Crippen LogP contribution in [0, 0.1) is 0 Å². The highest BCUT2D eigenvalue weighted by molar-refractivity contribution is 4.94. The lowest BCUT2D eigenvalue weighted by atomic mass is 10.1. The average Bonchev–Trinajstić information content (AvgIpc) is 2.74. The minimum atomic E-state index is -0.121. The number of hydrogen-bond donors (Lipinski definition) is 1. The molecule has 0 aliphatic rings. The number of ether oxygens (including phenoxy) is 1. The van der Waals surface area contributed by atoms with Crippen molar-refractivity contribution in [2.75, 3.05) is 13.7 Å². The smallest absolute Gasteiger partial charge is 0.229 e. The van der Waals surface area contributed by atoms with Crippen LogP contribution in [0.1, 0.15) is 50.4 Å². The predicted molar refractivity (Wildman–Crippen MR) is 56.4 cm³/mol. The van der Waals surface area contributed by atoms with Gasteiger partial charge >= 0.3 is 0 Å². The molecule has 0 radical (unpaired) electrons. The van der Waals surface area contributed by atoms with Crippen LogP contribution in [0.4, 0.5) is 0 Å². The molecule has 0 fully saturated rings. The van der Waals surface area contributed by atoms with E-state index in [4.69, 9.17) is 15.0 Å². The summed E-state index contributed by atoms with van der Waals surface area (Å²) in [6, 6.07) is 0. The van der Waals surface area contributed by atoms with E-state index in [9.17, 15) is 0 Å². The molecule has 2 atom stereocenters. The SMILES string of the molecule is COC(C)c1noc(C(C)CCCN)n1. The zero-order valence-corrected chi connectivity index (χ0v) is 9.56. The van der Waals surface area contributed by atoms with Gasteiger partial charge in [-0.3, -0.25) is 0 Å². The largest absolute Gasteiger partial charge is 0.374 e. The minimum absolute atomic E-state index is 0.121. The third-order valence-electron chi connectivity index (χ3n) is 2.44. The molecule has 1 heterocycles. The van der Waals surface area contributed by atoms with Crippen LogP contribution in [0.2, 0.25) is 0 Å². The van der Waals surface area contributed by atoms with Crippen LogP contribution in [-0.4, -0.2) is 23.8 Å². The first-order chi connectivity index (χ1) is 7.19. The van der Waals surface area contributed by atoms with Gasteiger partial charge in [0.1, 0.15) is 6.10 Å². The van der Waals surface area contributed by atoms with Gasteiger partial charge in [0.2, 0.25) is 5.89 Å². The lowest BCUT2D eigenvalue weighted by Crippen LogP contribution is -2.03. The van der Waals surface area contributed by atoms with Gasteiger partial charge in [0.25, 0.3) is 0 Å². The van der Waals surface area contributed by atoms with Crippen LogP contribution < -0.4 is 5.73 Å². The van der Waals surface area contributed by atoms with E-state index in [-0.39, 0.29) is 12.0 Å². The Labute approximate surface area is 90.0 Å². The molecule has 0 spiro atoms. The summed E-state index contributed by atoms with van der Waals surface area (Å²) in [5.41, 5.74) is 5.44. The monoisotopic (exact) mass is 213 g/mol. The van der Waals surface area contributed by atoms with Crippen LogP contribution in [0.5, 0.6) is 0 Å². The maximum atomic E-state index is 5.44. The molecular formula is C10H19N3O2. The van der Waals surface area contributed by atoms with Gasteiger partial charge < -0.3 is 15.0 Å². The van der Waals surface area contributed by atoms with Crippen molar-refractivity contribution in [3.05, 3.63) is 11.7 Å². The summed E-state index contributed by atoms with van der Waals surface area (Å²) in [5, 5.41) is 3.87. The fourth-order valence-corrected chi connectivity index (χ4v) is 1.27. The molecule has 0 aliphatic heterocycles. The van der Waals surface area contributed by atoms with Gasteiger partial charge in [0.05, 0.1) is 0 Å². The Kier molecular flexibility index (Phi) is 4.71. The molecule has 5 nitrogen and oxygen atoms in total. The van der Waals surface area contributed by atoms with Gasteiger partial charge in [-0.15, -0.1) is 0 Å². The fourth-order valence-electron chi connectivity index (χ4n) is 1.27. The van der Waals surface area contributed by atoms with Crippen molar-refractivity contribution in [2.45, 2.75) is 38.7 Å². The Bertz CT molecular complexity index is 288. The highest BCUT2D eigenvalue weighted by Gasteiger charge is 2.16. The quantitative estimate of drug-likeness (QED) is 0.777. The number of methoxy groups -OCH3 is 1. The van der Waals surface area contributed by atoms with Crippen molar-refractivity contribution in [3.8, 4) is 0 Å². The maximum Gasteiger partial charge on any atom is 0.229 e. The van der Waals surface area contributed by atoms with E-state index in [0.29, 0.717) is 18.3 Å². The van der Waals surface area contributed by atoms with E-state index in [1.54, 1.807) is 7.11 Å². The van der Waals surface area contributed by atoms with Crippen molar-refractivity contribution in [1.82, 2.24) is 10.1 Å². The van der Waals surface area contributed by atoms with E-state index in [0.717, 1.165) is 12.8 Å². The maximum absolute atomic E-state index is 5.44. The van der Waals surface area contributed by atoms with Gasteiger partial charge in [0.15, 0.2) is 5.82 Å². The second-order valence-electron chi connectivity index (χ2n) is 3.70. The van der Waals surface area contributed by atoms with Crippen molar-refractivity contribution in [3.63, 3.8) is 0 Å². The first kappa shape index (κ1) is 12.1. The van der Waals surface area contributed by atoms with E-state index in [2.05, 4.69) is 17.1 Å². The lowest BCUT2D eigenvalue weighted by Gasteiger charge is -2.04. The summed E-state index contributed by atoms with van der Waals surface area (Å²) >= 11 is 0. The third kappa shape index (κ3) is 3.28. The summed E-state index contributed by atoms with van der Waals surface area (Å²) in [6.45, 7) is 4.64. The van der Waals surface area contributed by atoms with Crippen molar-refractivity contribution < 1.29 is 9.26 Å². The Morgan fingerprint density at radius 3 is 2.80 bits per heavy atom. The van der Waals surface area contributed by atoms with Crippen LogP contribution in [-0.2, 0) is 4.74 Å². The number of rotatable bonds is 6. The summed E-state index contributed by atoms with van der Waals surface area (Å²) < 4.78 is 10.3. The molecule has 0 bridgehead atoms. The lowest BCUT2D eigenvalue weighted by molar-refractivity contribution is 0.109. The second kappa shape index (κ2) is 5.82. The Morgan fingerprint density at radius 1 is 1.47 bits per heavy atom. The molecule has 1 rings (SSSR count). The van der Waals surface area contributed by atoms with E-state index >= 15 is 0 Å². The van der Waals surface area contributed by atoms with E-state index in [1.807, 2.05) is 6.92 Å². The molecular weight excluding hydrogens is 194 g/mol. The van der Waals surface area contributed by atoms with E-state index < -0.39 is 0 Å². The number of nitrogens with zero attached hydrogens (tertiary/aromatic N) is 2. The van der Waals surface area contributed by atoms with Gasteiger partial charge in [0, 0.05) is 13.0 Å². The molecule has 0 aliphatic carbocycles. The Balaban J connectivity index is 2.58. The first-order valence-electron chi connectivity index (χ1n) is 5.25. The molecule has 1 aromatic heterocycles. The topological polar surface area (TPSA) is 74.2 Å². The minimum Gasteiger partial charge on any atom is -0.374 e. The van der Waals surface area contributed by atoms with Crippen LogP contribution >= 0.6 is 0 Å². The number of nitrogens with two attached hydrogens (primary N) is 1. The summed E-state index contributed by atoms with van der Waals surface area (Å²) in [5.74, 6) is 1.54. The highest BCUT2D eigenvalue weighted by atomic mass is 16.5. The summed E-state index contributed by atoms with van der Waals surface area (Å²) in [6.07, 6.45) is 1.82. The van der Waals surface area contributed by atoms with Gasteiger partial charge in [-0.05, 0) is 26.3 Å². The first-order valence-corrected chi connectivity index (χ1v) is 5.25. The van der Waals surface area contributed by atoms with Crippen LogP contribution in [0.15, 0.2) is 4.52 Å². The van der Waals surface area contributed by atoms with Crippen molar-refractivity contribution in [2.24, 2.45) is 5.73 Å².